The van der Waals surface area contributed by atoms with Crippen molar-refractivity contribution in [1.29, 1.82) is 0 Å². The third kappa shape index (κ3) is 4.00. The van der Waals surface area contributed by atoms with Crippen LogP contribution in [0.1, 0.15) is 12.8 Å². The first-order chi connectivity index (χ1) is 14.3. The number of nitrogens with one attached hydrogen (secondary N) is 1. The van der Waals surface area contributed by atoms with Gasteiger partial charge in [0.15, 0.2) is 0 Å². The number of carbonyl (C=O) groups excluding carboxylic acids is 1. The molecule has 3 aromatic rings. The Labute approximate surface area is 180 Å². The van der Waals surface area contributed by atoms with E-state index in [2.05, 4.69) is 5.32 Å². The SMILES string of the molecule is O=C(Cn1c(=O)sc2cc(S(=O)(=O)N3CCCC3)ccc21)Nc1ccc(F)cc1Cl. The number of hydrogen-bond donors (Lipinski definition) is 1. The van der Waals surface area contributed by atoms with Crippen LogP contribution in [0.25, 0.3) is 10.2 Å². The highest BCUT2D eigenvalue weighted by Crippen LogP contribution is 2.26. The number of carbonyl (C=O) groups is 1. The number of benzene rings is 2. The van der Waals surface area contributed by atoms with Crippen molar-refractivity contribution in [2.45, 2.75) is 24.3 Å². The molecule has 0 spiro atoms. The van der Waals surface area contributed by atoms with Gasteiger partial charge < -0.3 is 5.32 Å². The molecule has 1 aliphatic rings. The number of halogens is 2. The molecule has 1 amide bonds. The quantitative estimate of drug-likeness (QED) is 0.621. The van der Waals surface area contributed by atoms with Crippen LogP contribution < -0.4 is 10.2 Å². The van der Waals surface area contributed by atoms with E-state index in [-0.39, 0.29) is 27.0 Å². The molecule has 158 valence electrons. The van der Waals surface area contributed by atoms with Crippen molar-refractivity contribution in [3.05, 3.63) is 56.9 Å². The normalized spacial score (nSPS) is 15.0. The van der Waals surface area contributed by atoms with Gasteiger partial charge in [-0.15, -0.1) is 0 Å². The summed E-state index contributed by atoms with van der Waals surface area (Å²) >= 11 is 6.79. The third-order valence-electron chi connectivity index (χ3n) is 4.85. The van der Waals surface area contributed by atoms with Gasteiger partial charge in [-0.25, -0.2) is 12.8 Å². The Morgan fingerprint density at radius 2 is 1.90 bits per heavy atom. The first-order valence-electron chi connectivity index (χ1n) is 9.14. The number of aromatic nitrogens is 1. The van der Waals surface area contributed by atoms with Gasteiger partial charge in [0.05, 0.1) is 25.8 Å². The van der Waals surface area contributed by atoms with Gasteiger partial charge in [-0.2, -0.15) is 4.31 Å². The summed E-state index contributed by atoms with van der Waals surface area (Å²) in [4.78, 5) is 24.6. The summed E-state index contributed by atoms with van der Waals surface area (Å²) in [5.41, 5.74) is 0.695. The number of amides is 1. The maximum atomic E-state index is 13.1. The van der Waals surface area contributed by atoms with Crippen LogP contribution in [0.5, 0.6) is 0 Å². The fourth-order valence-corrected chi connectivity index (χ4v) is 6.12. The number of anilines is 1. The Hall–Kier alpha value is -2.27. The first-order valence-corrected chi connectivity index (χ1v) is 11.8. The molecule has 2 heterocycles. The van der Waals surface area contributed by atoms with E-state index < -0.39 is 21.7 Å². The molecular formula is C19H17ClFN3O4S2. The molecule has 0 saturated carbocycles. The Bertz CT molecular complexity index is 1300. The lowest BCUT2D eigenvalue weighted by Crippen LogP contribution is -2.27. The van der Waals surface area contributed by atoms with Crippen molar-refractivity contribution in [2.75, 3.05) is 18.4 Å². The molecule has 0 aliphatic carbocycles. The molecule has 0 unspecified atom stereocenters. The monoisotopic (exact) mass is 469 g/mol. The predicted octanol–water partition coefficient (Wildman–Crippen LogP) is 3.28. The number of rotatable bonds is 5. The van der Waals surface area contributed by atoms with Gasteiger partial charge in [0, 0.05) is 13.1 Å². The zero-order valence-electron chi connectivity index (χ0n) is 15.6. The van der Waals surface area contributed by atoms with Crippen molar-refractivity contribution < 1.29 is 17.6 Å². The van der Waals surface area contributed by atoms with Gasteiger partial charge in [0.25, 0.3) is 0 Å². The lowest BCUT2D eigenvalue weighted by molar-refractivity contribution is -0.116. The Morgan fingerprint density at radius 3 is 2.60 bits per heavy atom. The predicted molar refractivity (Wildman–Crippen MR) is 114 cm³/mol. The van der Waals surface area contributed by atoms with E-state index in [1.165, 1.54) is 33.1 Å². The van der Waals surface area contributed by atoms with E-state index in [0.29, 0.717) is 23.3 Å². The van der Waals surface area contributed by atoms with E-state index in [1.54, 1.807) is 0 Å². The fourth-order valence-electron chi connectivity index (χ4n) is 3.36. The molecule has 1 fully saturated rings. The average Bonchev–Trinajstić information content (AvgIpc) is 3.33. The highest BCUT2D eigenvalue weighted by Gasteiger charge is 2.27. The average molecular weight is 470 g/mol. The highest BCUT2D eigenvalue weighted by molar-refractivity contribution is 7.89. The van der Waals surface area contributed by atoms with E-state index in [4.69, 9.17) is 11.6 Å². The van der Waals surface area contributed by atoms with Crippen LogP contribution in [0.4, 0.5) is 10.1 Å². The minimum Gasteiger partial charge on any atom is -0.323 e. The van der Waals surface area contributed by atoms with Crippen LogP contribution in [-0.4, -0.2) is 36.3 Å². The fraction of sp³-hybridized carbons (Fsp3) is 0.263. The van der Waals surface area contributed by atoms with Gasteiger partial charge in [0.1, 0.15) is 12.4 Å². The van der Waals surface area contributed by atoms with E-state index in [0.717, 1.165) is 36.3 Å². The molecule has 1 N–H and O–H groups in total. The minimum absolute atomic E-state index is 0.0441. The van der Waals surface area contributed by atoms with Crippen molar-refractivity contribution in [3.8, 4) is 0 Å². The lowest BCUT2D eigenvalue weighted by atomic mass is 10.3. The highest BCUT2D eigenvalue weighted by atomic mass is 35.5. The number of sulfonamides is 1. The Morgan fingerprint density at radius 1 is 1.17 bits per heavy atom. The summed E-state index contributed by atoms with van der Waals surface area (Å²) in [6, 6.07) is 8.03. The third-order valence-corrected chi connectivity index (χ3v) is 8.00. The summed E-state index contributed by atoms with van der Waals surface area (Å²) in [5, 5.41) is 2.59. The smallest absolute Gasteiger partial charge is 0.308 e. The van der Waals surface area contributed by atoms with E-state index in [1.807, 2.05) is 0 Å². The minimum atomic E-state index is -3.60. The molecule has 30 heavy (non-hydrogen) atoms. The van der Waals surface area contributed by atoms with E-state index >= 15 is 0 Å². The molecule has 1 aromatic heterocycles. The molecule has 1 aliphatic heterocycles. The molecule has 0 radical (unpaired) electrons. The van der Waals surface area contributed by atoms with Crippen LogP contribution in [0, 0.1) is 5.82 Å². The largest absolute Gasteiger partial charge is 0.323 e. The van der Waals surface area contributed by atoms with Gasteiger partial charge in [-0.3, -0.25) is 14.2 Å². The van der Waals surface area contributed by atoms with Crippen LogP contribution in [0.2, 0.25) is 5.02 Å². The second-order valence-electron chi connectivity index (χ2n) is 6.87. The van der Waals surface area contributed by atoms with Crippen molar-refractivity contribution in [2.24, 2.45) is 0 Å². The molecule has 2 aromatic carbocycles. The molecule has 11 heteroatoms. The summed E-state index contributed by atoms with van der Waals surface area (Å²) in [7, 11) is -3.60. The second-order valence-corrected chi connectivity index (χ2v) is 10.2. The van der Waals surface area contributed by atoms with Crippen LogP contribution in [-0.2, 0) is 21.4 Å². The zero-order chi connectivity index (χ0) is 21.5. The lowest BCUT2D eigenvalue weighted by Gasteiger charge is -2.15. The number of fused-ring (bicyclic) bond motifs is 1. The summed E-state index contributed by atoms with van der Waals surface area (Å²) in [5.74, 6) is -1.04. The standard InChI is InChI=1S/C19H17ClFN3O4S2/c20-14-9-12(21)3-5-15(14)22-18(25)11-24-16-6-4-13(10-17(16)29-19(24)26)30(27,28)23-7-1-2-8-23/h3-6,9-10H,1-2,7-8,11H2,(H,22,25). The zero-order valence-corrected chi connectivity index (χ0v) is 18.0. The molecule has 0 bridgehead atoms. The van der Waals surface area contributed by atoms with Crippen molar-refractivity contribution >= 4 is 54.8 Å². The van der Waals surface area contributed by atoms with E-state index in [9.17, 15) is 22.4 Å². The Balaban J connectivity index is 1.60. The Kier molecular flexibility index (Phi) is 5.67. The second kappa shape index (κ2) is 8.10. The molecule has 0 atom stereocenters. The summed E-state index contributed by atoms with van der Waals surface area (Å²) < 4.78 is 41.8. The van der Waals surface area contributed by atoms with Gasteiger partial charge in [-0.1, -0.05) is 22.9 Å². The van der Waals surface area contributed by atoms with Crippen LogP contribution in [0.3, 0.4) is 0 Å². The van der Waals surface area contributed by atoms with Gasteiger partial charge in [0.2, 0.25) is 15.9 Å². The number of hydrogen-bond acceptors (Lipinski definition) is 5. The molecule has 1 saturated heterocycles. The van der Waals surface area contributed by atoms with Crippen LogP contribution >= 0.6 is 22.9 Å². The van der Waals surface area contributed by atoms with Gasteiger partial charge in [-0.05, 0) is 49.2 Å². The molecule has 4 rings (SSSR count). The first kappa shape index (κ1) is 21.0. The van der Waals surface area contributed by atoms with Crippen molar-refractivity contribution in [1.82, 2.24) is 8.87 Å². The number of nitrogens with zero attached hydrogens (tertiary/aromatic N) is 2. The van der Waals surface area contributed by atoms with Gasteiger partial charge >= 0.3 is 4.87 Å². The summed E-state index contributed by atoms with van der Waals surface area (Å²) in [6.07, 6.45) is 1.66. The summed E-state index contributed by atoms with van der Waals surface area (Å²) in [6.45, 7) is 0.693. The maximum absolute atomic E-state index is 13.1. The maximum Gasteiger partial charge on any atom is 0.308 e. The topological polar surface area (TPSA) is 88.5 Å². The van der Waals surface area contributed by atoms with Crippen molar-refractivity contribution in [3.63, 3.8) is 0 Å². The van der Waals surface area contributed by atoms with Crippen LogP contribution in [0.15, 0.2) is 46.1 Å². The molecular weight excluding hydrogens is 453 g/mol. The number of thiazole rings is 1. The molecule has 7 nitrogen and oxygen atoms in total.